The normalized spacial score (nSPS) is 25.6. The molecule has 2 aliphatic rings. The average Bonchev–Trinajstić information content (AvgIpc) is 3.29. The van der Waals surface area contributed by atoms with Crippen LogP contribution in [0.2, 0.25) is 0 Å². The number of nitrogens with two attached hydrogens (primary N) is 1. The van der Waals surface area contributed by atoms with Gasteiger partial charge in [0, 0.05) is 42.7 Å². The van der Waals surface area contributed by atoms with Gasteiger partial charge in [-0.15, -0.1) is 0 Å². The molecule has 0 radical (unpaired) electrons. The molecule has 0 spiro atoms. The topological polar surface area (TPSA) is 149 Å². The molecule has 2 fully saturated rings. The quantitative estimate of drug-likeness (QED) is 0.350. The second-order valence-electron chi connectivity index (χ2n) is 9.64. The minimum absolute atomic E-state index is 0.195. The first-order valence-electron chi connectivity index (χ1n) is 11.9. The number of aliphatic hydroxyl groups excluding tert-OH is 1. The molecule has 5 rings (SSSR count). The Morgan fingerprint density at radius 1 is 1.17 bits per heavy atom. The van der Waals surface area contributed by atoms with E-state index in [0.29, 0.717) is 41.6 Å². The third-order valence-corrected chi connectivity index (χ3v) is 7.47. The van der Waals surface area contributed by atoms with Gasteiger partial charge in [-0.25, -0.2) is 15.1 Å². The second-order valence-corrected chi connectivity index (χ2v) is 10.9. The first-order chi connectivity index (χ1) is 17.3. The Kier molecular flexibility index (Phi) is 6.89. The molecular weight excluding hydrogens is 482 g/mol. The number of carbonyl (C=O) groups is 1. The number of hydrogen-bond donors (Lipinski definition) is 3. The highest BCUT2D eigenvalue weighted by atomic mass is 32.2. The largest absolute Gasteiger partial charge is 0.393 e. The van der Waals surface area contributed by atoms with Crippen molar-refractivity contribution in [3.05, 3.63) is 78.0 Å². The number of aromatic nitrogens is 3. The SMILES string of the molecule is NS(=O)(=O)OCC1CC(Nc2ncncc2C(=O)c2ccn(CC3CC3c3ccccc3)c2)CC1O. The van der Waals surface area contributed by atoms with E-state index < -0.39 is 22.3 Å². The molecule has 2 heterocycles. The van der Waals surface area contributed by atoms with Crippen LogP contribution < -0.4 is 10.5 Å². The number of ketones is 1. The highest BCUT2D eigenvalue weighted by molar-refractivity contribution is 7.84. The number of carbonyl (C=O) groups excluding carboxylic acids is 1. The molecule has 0 amide bonds. The Bertz CT molecular complexity index is 1330. The number of anilines is 1. The maximum Gasteiger partial charge on any atom is 0.333 e. The number of rotatable bonds is 10. The fraction of sp³-hybridized carbons (Fsp3) is 0.400. The van der Waals surface area contributed by atoms with Gasteiger partial charge in [0.25, 0.3) is 0 Å². The van der Waals surface area contributed by atoms with Gasteiger partial charge in [-0.3, -0.25) is 8.98 Å². The Morgan fingerprint density at radius 2 is 1.97 bits per heavy atom. The van der Waals surface area contributed by atoms with E-state index in [1.54, 1.807) is 6.07 Å². The van der Waals surface area contributed by atoms with Crippen LogP contribution in [0.3, 0.4) is 0 Å². The molecule has 2 aliphatic carbocycles. The van der Waals surface area contributed by atoms with Crippen molar-refractivity contribution < 1.29 is 22.5 Å². The van der Waals surface area contributed by atoms with Gasteiger partial charge in [0.15, 0.2) is 5.78 Å². The molecule has 0 bridgehead atoms. The molecule has 2 saturated carbocycles. The third kappa shape index (κ3) is 5.81. The van der Waals surface area contributed by atoms with E-state index in [9.17, 15) is 18.3 Å². The van der Waals surface area contributed by atoms with Crippen LogP contribution in [0.15, 0.2) is 61.3 Å². The smallest absolute Gasteiger partial charge is 0.333 e. The molecule has 11 heteroatoms. The van der Waals surface area contributed by atoms with Gasteiger partial charge >= 0.3 is 10.3 Å². The zero-order valence-electron chi connectivity index (χ0n) is 19.6. The molecular formula is C25H29N5O5S. The van der Waals surface area contributed by atoms with E-state index in [-0.39, 0.29) is 18.4 Å². The molecule has 0 saturated heterocycles. The van der Waals surface area contributed by atoms with Crippen LogP contribution in [-0.2, 0) is 21.0 Å². The lowest BCUT2D eigenvalue weighted by Crippen LogP contribution is -2.24. The maximum atomic E-state index is 13.3. The number of benzene rings is 1. The van der Waals surface area contributed by atoms with Crippen LogP contribution in [0.5, 0.6) is 0 Å². The number of aliphatic hydroxyl groups is 1. The van der Waals surface area contributed by atoms with Crippen molar-refractivity contribution in [2.45, 2.75) is 43.9 Å². The Balaban J connectivity index is 1.22. The average molecular weight is 512 g/mol. The van der Waals surface area contributed by atoms with Crippen molar-refractivity contribution in [2.24, 2.45) is 17.0 Å². The van der Waals surface area contributed by atoms with Crippen molar-refractivity contribution in [1.29, 1.82) is 0 Å². The van der Waals surface area contributed by atoms with E-state index in [1.807, 2.05) is 18.5 Å². The summed E-state index contributed by atoms with van der Waals surface area (Å²) in [7, 11) is -4.08. The molecule has 4 N–H and O–H groups in total. The van der Waals surface area contributed by atoms with E-state index in [4.69, 9.17) is 5.14 Å². The zero-order chi connectivity index (χ0) is 25.3. The highest BCUT2D eigenvalue weighted by Crippen LogP contribution is 2.48. The third-order valence-electron chi connectivity index (χ3n) is 7.01. The summed E-state index contributed by atoms with van der Waals surface area (Å²) in [6.45, 7) is 0.651. The molecule has 1 aromatic carbocycles. The summed E-state index contributed by atoms with van der Waals surface area (Å²) in [6, 6.07) is 12.1. The first kappa shape index (κ1) is 24.6. The highest BCUT2D eigenvalue weighted by Gasteiger charge is 2.38. The van der Waals surface area contributed by atoms with Crippen molar-refractivity contribution >= 4 is 21.9 Å². The van der Waals surface area contributed by atoms with Crippen LogP contribution in [0.4, 0.5) is 5.82 Å². The fourth-order valence-corrected chi connectivity index (χ4v) is 5.42. The molecule has 190 valence electrons. The molecule has 36 heavy (non-hydrogen) atoms. The number of nitrogens with one attached hydrogen (secondary N) is 1. The molecule has 5 atom stereocenters. The van der Waals surface area contributed by atoms with E-state index in [0.717, 1.165) is 13.0 Å². The summed E-state index contributed by atoms with van der Waals surface area (Å²) >= 11 is 0. The van der Waals surface area contributed by atoms with Crippen molar-refractivity contribution in [1.82, 2.24) is 14.5 Å². The lowest BCUT2D eigenvalue weighted by atomic mass is 10.1. The van der Waals surface area contributed by atoms with Gasteiger partial charge in [0.05, 0.1) is 18.3 Å². The summed E-state index contributed by atoms with van der Waals surface area (Å²) in [4.78, 5) is 21.6. The number of nitrogens with zero attached hydrogens (tertiary/aromatic N) is 3. The maximum absolute atomic E-state index is 13.3. The standard InChI is InChI=1S/C25H29N5O5S/c26-36(33,34)35-14-19-8-20(10-23(19)31)29-25-22(11-27-15-28-25)24(32)17-6-7-30(12-17)13-18-9-21(18)16-4-2-1-3-5-16/h1-7,11-12,15,18-21,23,31H,8-10,13-14H2,(H2,26,33,34)(H,27,28,29). The summed E-state index contributed by atoms with van der Waals surface area (Å²) in [6.07, 6.45) is 7.80. The van der Waals surface area contributed by atoms with Crippen LogP contribution in [0.25, 0.3) is 0 Å². The predicted molar refractivity (Wildman–Crippen MR) is 132 cm³/mol. The van der Waals surface area contributed by atoms with E-state index in [2.05, 4.69) is 48.3 Å². The minimum Gasteiger partial charge on any atom is -0.393 e. The molecule has 5 unspecified atom stereocenters. The molecule has 0 aliphatic heterocycles. The van der Waals surface area contributed by atoms with Crippen LogP contribution in [-0.4, -0.2) is 52.6 Å². The molecule has 3 aromatic rings. The summed E-state index contributed by atoms with van der Waals surface area (Å²) in [5.41, 5.74) is 2.25. The lowest BCUT2D eigenvalue weighted by Gasteiger charge is -2.15. The first-order valence-corrected chi connectivity index (χ1v) is 13.4. The summed E-state index contributed by atoms with van der Waals surface area (Å²) in [5.74, 6) is 0.893. The van der Waals surface area contributed by atoms with Crippen molar-refractivity contribution in [2.75, 3.05) is 11.9 Å². The van der Waals surface area contributed by atoms with Crippen molar-refractivity contribution in [3.63, 3.8) is 0 Å². The van der Waals surface area contributed by atoms with Gasteiger partial charge < -0.3 is 15.0 Å². The zero-order valence-corrected chi connectivity index (χ0v) is 20.4. The van der Waals surface area contributed by atoms with Crippen LogP contribution >= 0.6 is 0 Å². The second kappa shape index (κ2) is 10.1. The number of hydrogen-bond acceptors (Lipinski definition) is 8. The monoisotopic (exact) mass is 511 g/mol. The van der Waals surface area contributed by atoms with Gasteiger partial charge in [0.2, 0.25) is 0 Å². The summed E-state index contributed by atoms with van der Waals surface area (Å²) in [5, 5.41) is 18.4. The Hall–Kier alpha value is -3.12. The van der Waals surface area contributed by atoms with Crippen LogP contribution in [0.1, 0.15) is 46.7 Å². The Labute approximate surface area is 209 Å². The van der Waals surface area contributed by atoms with Gasteiger partial charge in [-0.05, 0) is 42.7 Å². The Morgan fingerprint density at radius 3 is 2.75 bits per heavy atom. The predicted octanol–water partition coefficient (Wildman–Crippen LogP) is 2.08. The van der Waals surface area contributed by atoms with E-state index in [1.165, 1.54) is 18.1 Å². The van der Waals surface area contributed by atoms with Gasteiger partial charge in [-0.2, -0.15) is 8.42 Å². The van der Waals surface area contributed by atoms with Crippen molar-refractivity contribution in [3.8, 4) is 0 Å². The molecule has 10 nitrogen and oxygen atoms in total. The lowest BCUT2D eigenvalue weighted by molar-refractivity contribution is 0.101. The van der Waals surface area contributed by atoms with Gasteiger partial charge in [-0.1, -0.05) is 30.3 Å². The molecule has 2 aromatic heterocycles. The van der Waals surface area contributed by atoms with Crippen LogP contribution in [0, 0.1) is 11.8 Å². The fourth-order valence-electron chi connectivity index (χ4n) is 5.06. The van der Waals surface area contributed by atoms with Gasteiger partial charge in [0.1, 0.15) is 12.1 Å². The van der Waals surface area contributed by atoms with E-state index >= 15 is 0 Å². The summed E-state index contributed by atoms with van der Waals surface area (Å²) < 4.78 is 28.8. The minimum atomic E-state index is -4.08.